The van der Waals surface area contributed by atoms with Gasteiger partial charge in [-0.2, -0.15) is 0 Å². The Morgan fingerprint density at radius 2 is 1.92 bits per heavy atom. The van der Waals surface area contributed by atoms with Crippen LogP contribution in [0.2, 0.25) is 0 Å². The molecule has 0 aliphatic rings. The first-order valence-corrected chi connectivity index (χ1v) is 8.54. The van der Waals surface area contributed by atoms with E-state index < -0.39 is 5.97 Å². The number of benzene rings is 1. The molecule has 0 unspecified atom stereocenters. The van der Waals surface area contributed by atoms with E-state index in [9.17, 15) is 9.59 Å². The largest absolute Gasteiger partial charge is 0.483 e. The number of hydrogen-bond acceptors (Lipinski definition) is 5. The number of aryl methyl sites for hydroxylation is 1. The molecule has 1 N–H and O–H groups in total. The standard InChI is InChI=1S/C19H30N2O4/c1-13(2)15-9-8-14(3)17(19(23)24-6)18(15)25-12-16(22)20-10-7-11-21(4)5/h8-9,13H,7,10-12H2,1-6H3,(H,20,22). The number of esters is 1. The predicted molar refractivity (Wildman–Crippen MR) is 98.3 cm³/mol. The summed E-state index contributed by atoms with van der Waals surface area (Å²) in [5, 5.41) is 2.83. The van der Waals surface area contributed by atoms with Crippen LogP contribution in [0.4, 0.5) is 0 Å². The first kappa shape index (κ1) is 21.0. The van der Waals surface area contributed by atoms with Crippen molar-refractivity contribution in [1.82, 2.24) is 10.2 Å². The van der Waals surface area contributed by atoms with Crippen molar-refractivity contribution in [2.24, 2.45) is 0 Å². The molecule has 1 rings (SSSR count). The van der Waals surface area contributed by atoms with Crippen LogP contribution in [0.3, 0.4) is 0 Å². The number of nitrogens with zero attached hydrogens (tertiary/aromatic N) is 1. The van der Waals surface area contributed by atoms with Gasteiger partial charge < -0.3 is 19.7 Å². The number of rotatable bonds is 9. The Morgan fingerprint density at radius 3 is 2.48 bits per heavy atom. The Kier molecular flexibility index (Phi) is 8.41. The molecular weight excluding hydrogens is 320 g/mol. The van der Waals surface area contributed by atoms with Gasteiger partial charge in [0.1, 0.15) is 11.3 Å². The summed E-state index contributed by atoms with van der Waals surface area (Å²) in [4.78, 5) is 26.2. The molecule has 0 radical (unpaired) electrons. The zero-order valence-electron chi connectivity index (χ0n) is 16.1. The van der Waals surface area contributed by atoms with Crippen LogP contribution in [0.1, 0.15) is 47.7 Å². The Balaban J connectivity index is 2.83. The number of amides is 1. The summed E-state index contributed by atoms with van der Waals surface area (Å²) in [5.74, 6) is -0.0698. The minimum absolute atomic E-state index is 0.130. The molecule has 0 heterocycles. The second kappa shape index (κ2) is 10.0. The number of carbonyl (C=O) groups excluding carboxylic acids is 2. The first-order chi connectivity index (χ1) is 11.8. The normalized spacial score (nSPS) is 10.9. The van der Waals surface area contributed by atoms with Crippen LogP contribution in [-0.2, 0) is 9.53 Å². The van der Waals surface area contributed by atoms with E-state index in [0.29, 0.717) is 17.9 Å². The fourth-order valence-electron chi connectivity index (χ4n) is 2.47. The highest BCUT2D eigenvalue weighted by Crippen LogP contribution is 2.33. The molecule has 0 spiro atoms. The summed E-state index contributed by atoms with van der Waals surface area (Å²) >= 11 is 0. The summed E-state index contributed by atoms with van der Waals surface area (Å²) in [6.45, 7) is 7.22. The van der Waals surface area contributed by atoms with E-state index in [1.807, 2.05) is 47.0 Å². The topological polar surface area (TPSA) is 67.9 Å². The molecule has 0 atom stereocenters. The fourth-order valence-corrected chi connectivity index (χ4v) is 2.47. The predicted octanol–water partition coefficient (Wildman–Crippen LogP) is 2.35. The molecule has 0 aliphatic heterocycles. The van der Waals surface area contributed by atoms with Crippen LogP contribution >= 0.6 is 0 Å². The SMILES string of the molecule is COC(=O)c1c(C)ccc(C(C)C)c1OCC(=O)NCCCN(C)C. The Hall–Kier alpha value is -2.08. The molecule has 0 aromatic heterocycles. The second-order valence-corrected chi connectivity index (χ2v) is 6.62. The van der Waals surface area contributed by atoms with Crippen LogP contribution < -0.4 is 10.1 Å². The molecule has 0 aliphatic carbocycles. The van der Waals surface area contributed by atoms with Crippen LogP contribution in [0.15, 0.2) is 12.1 Å². The van der Waals surface area contributed by atoms with E-state index in [-0.39, 0.29) is 18.4 Å². The number of nitrogens with one attached hydrogen (secondary N) is 1. The molecule has 1 amide bonds. The van der Waals surface area contributed by atoms with Crippen molar-refractivity contribution in [3.8, 4) is 5.75 Å². The van der Waals surface area contributed by atoms with E-state index in [2.05, 4.69) is 10.2 Å². The van der Waals surface area contributed by atoms with Gasteiger partial charge in [-0.15, -0.1) is 0 Å². The minimum Gasteiger partial charge on any atom is -0.483 e. The van der Waals surface area contributed by atoms with Crippen LogP contribution in [0.25, 0.3) is 0 Å². The maximum atomic E-state index is 12.1. The van der Waals surface area contributed by atoms with Crippen LogP contribution in [0, 0.1) is 6.92 Å². The van der Waals surface area contributed by atoms with E-state index in [1.54, 1.807) is 0 Å². The molecule has 140 valence electrons. The molecule has 0 bridgehead atoms. The molecule has 1 aromatic carbocycles. The lowest BCUT2D eigenvalue weighted by molar-refractivity contribution is -0.123. The van der Waals surface area contributed by atoms with Gasteiger partial charge in [0, 0.05) is 6.54 Å². The van der Waals surface area contributed by atoms with Crippen molar-refractivity contribution >= 4 is 11.9 Å². The average Bonchev–Trinajstić information content (AvgIpc) is 2.55. The zero-order chi connectivity index (χ0) is 19.0. The lowest BCUT2D eigenvalue weighted by Crippen LogP contribution is -2.31. The van der Waals surface area contributed by atoms with E-state index >= 15 is 0 Å². The summed E-state index contributed by atoms with van der Waals surface area (Å²) in [6, 6.07) is 3.80. The Labute approximate surface area is 150 Å². The Bertz CT molecular complexity index is 597. The van der Waals surface area contributed by atoms with Crippen LogP contribution in [-0.4, -0.2) is 57.7 Å². The third-order valence-corrected chi connectivity index (χ3v) is 3.86. The third kappa shape index (κ3) is 6.38. The highest BCUT2D eigenvalue weighted by molar-refractivity contribution is 5.95. The number of ether oxygens (including phenoxy) is 2. The van der Waals surface area contributed by atoms with Crippen molar-refractivity contribution in [1.29, 1.82) is 0 Å². The van der Waals surface area contributed by atoms with Gasteiger partial charge in [-0.1, -0.05) is 26.0 Å². The molecule has 6 heteroatoms. The fraction of sp³-hybridized carbons (Fsp3) is 0.579. The van der Waals surface area contributed by atoms with Crippen molar-refractivity contribution < 1.29 is 19.1 Å². The first-order valence-electron chi connectivity index (χ1n) is 8.54. The van der Waals surface area contributed by atoms with Gasteiger partial charge in [-0.3, -0.25) is 4.79 Å². The van der Waals surface area contributed by atoms with Crippen LogP contribution in [0.5, 0.6) is 5.75 Å². The highest BCUT2D eigenvalue weighted by atomic mass is 16.5. The lowest BCUT2D eigenvalue weighted by atomic mass is 9.96. The monoisotopic (exact) mass is 350 g/mol. The maximum Gasteiger partial charge on any atom is 0.341 e. The quantitative estimate of drug-likeness (QED) is 0.547. The molecule has 0 fully saturated rings. The number of hydrogen-bond donors (Lipinski definition) is 1. The van der Waals surface area contributed by atoms with E-state index in [4.69, 9.17) is 9.47 Å². The summed E-state index contributed by atoms with van der Waals surface area (Å²) in [6.07, 6.45) is 0.869. The summed E-state index contributed by atoms with van der Waals surface area (Å²) < 4.78 is 10.6. The second-order valence-electron chi connectivity index (χ2n) is 6.62. The molecular formula is C19H30N2O4. The highest BCUT2D eigenvalue weighted by Gasteiger charge is 2.22. The molecule has 25 heavy (non-hydrogen) atoms. The van der Waals surface area contributed by atoms with Gasteiger partial charge in [0.05, 0.1) is 7.11 Å². The molecule has 1 aromatic rings. The van der Waals surface area contributed by atoms with Crippen molar-refractivity contribution in [3.05, 3.63) is 28.8 Å². The number of carbonyl (C=O) groups is 2. The van der Waals surface area contributed by atoms with Crippen molar-refractivity contribution in [2.75, 3.05) is 40.9 Å². The maximum absolute atomic E-state index is 12.1. The van der Waals surface area contributed by atoms with Gasteiger partial charge in [-0.25, -0.2) is 4.79 Å². The minimum atomic E-state index is -0.457. The average molecular weight is 350 g/mol. The smallest absolute Gasteiger partial charge is 0.341 e. The van der Waals surface area contributed by atoms with Gasteiger partial charge in [-0.05, 0) is 51.0 Å². The lowest BCUT2D eigenvalue weighted by Gasteiger charge is -2.18. The van der Waals surface area contributed by atoms with Crippen molar-refractivity contribution in [2.45, 2.75) is 33.1 Å². The van der Waals surface area contributed by atoms with E-state index in [0.717, 1.165) is 24.1 Å². The summed E-state index contributed by atoms with van der Waals surface area (Å²) in [7, 11) is 5.32. The van der Waals surface area contributed by atoms with Gasteiger partial charge >= 0.3 is 5.97 Å². The van der Waals surface area contributed by atoms with Gasteiger partial charge in [0.2, 0.25) is 0 Å². The zero-order valence-corrected chi connectivity index (χ0v) is 16.1. The van der Waals surface area contributed by atoms with Gasteiger partial charge in [0.15, 0.2) is 6.61 Å². The summed E-state index contributed by atoms with van der Waals surface area (Å²) in [5.41, 5.74) is 2.03. The third-order valence-electron chi connectivity index (χ3n) is 3.86. The van der Waals surface area contributed by atoms with E-state index in [1.165, 1.54) is 7.11 Å². The number of methoxy groups -OCH3 is 1. The van der Waals surface area contributed by atoms with Gasteiger partial charge in [0.25, 0.3) is 5.91 Å². The molecule has 0 saturated carbocycles. The Morgan fingerprint density at radius 1 is 1.24 bits per heavy atom. The molecule has 6 nitrogen and oxygen atoms in total. The molecule has 0 saturated heterocycles. The van der Waals surface area contributed by atoms with Crippen molar-refractivity contribution in [3.63, 3.8) is 0 Å².